The summed E-state index contributed by atoms with van der Waals surface area (Å²) >= 11 is 0. The van der Waals surface area contributed by atoms with E-state index in [2.05, 4.69) is 32.5 Å². The molecule has 0 saturated heterocycles. The molecule has 0 aliphatic heterocycles. The molecule has 1 aromatic rings. The molecule has 0 aliphatic carbocycles. The highest BCUT2D eigenvalue weighted by molar-refractivity contribution is 5.35. The lowest BCUT2D eigenvalue weighted by atomic mass is 10.5. The van der Waals surface area contributed by atoms with Crippen molar-refractivity contribution in [1.82, 2.24) is 15.0 Å². The number of rotatable bonds is 10. The molecule has 1 heterocycles. The number of hydrogen-bond acceptors (Lipinski definition) is 7. The maximum atomic E-state index is 5.53. The molecule has 7 nitrogen and oxygen atoms in total. The van der Waals surface area contributed by atoms with Crippen LogP contribution in [0.15, 0.2) is 0 Å². The Morgan fingerprint density at radius 3 is 2.20 bits per heavy atom. The van der Waals surface area contributed by atoms with E-state index >= 15 is 0 Å². The normalized spacial score (nSPS) is 10.7. The van der Waals surface area contributed by atoms with Gasteiger partial charge in [0.2, 0.25) is 11.9 Å². The summed E-state index contributed by atoms with van der Waals surface area (Å²) in [4.78, 5) is 12.8. The standard InChI is InChI=1S/C13H25N5O2/c1-5-7-14-11-16-12(15-8-9-19-6-2)18-13(17-11)20-10(3)4/h10H,5-9H2,1-4H3,(H2,14,15,16,17,18). The molecule has 0 spiro atoms. The fraction of sp³-hybridized carbons (Fsp3) is 0.769. The van der Waals surface area contributed by atoms with Crippen molar-refractivity contribution in [3.05, 3.63) is 0 Å². The second kappa shape index (κ2) is 9.30. The Bertz CT molecular complexity index is 387. The molecule has 0 unspecified atom stereocenters. The third-order valence-electron chi connectivity index (χ3n) is 2.22. The Balaban J connectivity index is 2.69. The van der Waals surface area contributed by atoms with Crippen molar-refractivity contribution >= 4 is 11.9 Å². The second-order valence-electron chi connectivity index (χ2n) is 4.48. The van der Waals surface area contributed by atoms with Gasteiger partial charge in [-0.05, 0) is 27.2 Å². The van der Waals surface area contributed by atoms with Crippen LogP contribution in [0.2, 0.25) is 0 Å². The maximum absolute atomic E-state index is 5.53. The average molecular weight is 283 g/mol. The van der Waals surface area contributed by atoms with Crippen LogP contribution in [0.3, 0.4) is 0 Å². The molecule has 0 aliphatic rings. The third kappa shape index (κ3) is 6.51. The Morgan fingerprint density at radius 2 is 1.65 bits per heavy atom. The topological polar surface area (TPSA) is 81.2 Å². The number of nitrogens with zero attached hydrogens (tertiary/aromatic N) is 3. The molecule has 0 bridgehead atoms. The van der Waals surface area contributed by atoms with Gasteiger partial charge in [-0.1, -0.05) is 6.92 Å². The molecule has 0 amide bonds. The summed E-state index contributed by atoms with van der Waals surface area (Å²) < 4.78 is 10.8. The van der Waals surface area contributed by atoms with Crippen molar-refractivity contribution in [3.63, 3.8) is 0 Å². The number of anilines is 2. The zero-order valence-electron chi connectivity index (χ0n) is 12.8. The lowest BCUT2D eigenvalue weighted by Crippen LogP contribution is -2.16. The van der Waals surface area contributed by atoms with E-state index in [1.54, 1.807) is 0 Å². The highest BCUT2D eigenvalue weighted by atomic mass is 16.5. The maximum Gasteiger partial charge on any atom is 0.323 e. The summed E-state index contributed by atoms with van der Waals surface area (Å²) in [5, 5.41) is 6.24. The zero-order valence-corrected chi connectivity index (χ0v) is 12.8. The van der Waals surface area contributed by atoms with Crippen molar-refractivity contribution < 1.29 is 9.47 Å². The number of aromatic nitrogens is 3. The summed E-state index contributed by atoms with van der Waals surface area (Å²) in [6, 6.07) is 0.326. The first-order valence-corrected chi connectivity index (χ1v) is 7.13. The predicted octanol–water partition coefficient (Wildman–Crippen LogP) is 1.93. The summed E-state index contributed by atoms with van der Waals surface area (Å²) in [6.45, 7) is 10.7. The van der Waals surface area contributed by atoms with Crippen molar-refractivity contribution in [2.75, 3.05) is 36.9 Å². The first-order valence-electron chi connectivity index (χ1n) is 7.13. The summed E-state index contributed by atoms with van der Waals surface area (Å²) in [7, 11) is 0. The van der Waals surface area contributed by atoms with Gasteiger partial charge in [0.15, 0.2) is 0 Å². The van der Waals surface area contributed by atoms with Crippen LogP contribution in [-0.4, -0.2) is 47.4 Å². The monoisotopic (exact) mass is 283 g/mol. The van der Waals surface area contributed by atoms with Gasteiger partial charge in [0.05, 0.1) is 12.7 Å². The van der Waals surface area contributed by atoms with Crippen LogP contribution in [-0.2, 0) is 4.74 Å². The Kier molecular flexibility index (Phi) is 7.64. The minimum absolute atomic E-state index is 0.0210. The van der Waals surface area contributed by atoms with E-state index in [0.717, 1.165) is 13.0 Å². The molecule has 114 valence electrons. The van der Waals surface area contributed by atoms with E-state index in [4.69, 9.17) is 9.47 Å². The minimum atomic E-state index is 0.0210. The third-order valence-corrected chi connectivity index (χ3v) is 2.22. The lowest BCUT2D eigenvalue weighted by molar-refractivity contribution is 0.158. The van der Waals surface area contributed by atoms with Crippen LogP contribution in [0.1, 0.15) is 34.1 Å². The van der Waals surface area contributed by atoms with Gasteiger partial charge in [-0.25, -0.2) is 0 Å². The molecule has 1 aromatic heterocycles. The highest BCUT2D eigenvalue weighted by Crippen LogP contribution is 2.12. The Labute approximate surface area is 120 Å². The van der Waals surface area contributed by atoms with Crippen LogP contribution in [0, 0.1) is 0 Å². The van der Waals surface area contributed by atoms with Crippen molar-refractivity contribution in [2.24, 2.45) is 0 Å². The van der Waals surface area contributed by atoms with Crippen molar-refractivity contribution in [1.29, 1.82) is 0 Å². The van der Waals surface area contributed by atoms with Gasteiger partial charge in [0.1, 0.15) is 0 Å². The Morgan fingerprint density at radius 1 is 1.00 bits per heavy atom. The van der Waals surface area contributed by atoms with Crippen LogP contribution in [0.4, 0.5) is 11.9 Å². The molecule has 0 aromatic carbocycles. The molecule has 0 saturated carbocycles. The van der Waals surface area contributed by atoms with Gasteiger partial charge in [0.25, 0.3) is 0 Å². The average Bonchev–Trinajstić information content (AvgIpc) is 2.40. The summed E-state index contributed by atoms with van der Waals surface area (Å²) in [6.07, 6.45) is 1.02. The summed E-state index contributed by atoms with van der Waals surface area (Å²) in [5.41, 5.74) is 0. The van der Waals surface area contributed by atoms with E-state index in [1.165, 1.54) is 0 Å². The van der Waals surface area contributed by atoms with E-state index in [1.807, 2.05) is 20.8 Å². The molecular weight excluding hydrogens is 258 g/mol. The predicted molar refractivity (Wildman–Crippen MR) is 79.4 cm³/mol. The van der Waals surface area contributed by atoms with Crippen molar-refractivity contribution in [2.45, 2.75) is 40.2 Å². The molecular formula is C13H25N5O2. The van der Waals surface area contributed by atoms with Gasteiger partial charge in [-0.2, -0.15) is 15.0 Å². The highest BCUT2D eigenvalue weighted by Gasteiger charge is 2.08. The number of ether oxygens (including phenoxy) is 2. The quantitative estimate of drug-likeness (QED) is 0.635. The molecule has 2 N–H and O–H groups in total. The first-order chi connectivity index (χ1) is 9.65. The SMILES string of the molecule is CCCNc1nc(NCCOCC)nc(OC(C)C)n1. The van der Waals surface area contributed by atoms with Crippen molar-refractivity contribution in [3.8, 4) is 6.01 Å². The largest absolute Gasteiger partial charge is 0.461 e. The van der Waals surface area contributed by atoms with Crippen LogP contribution >= 0.6 is 0 Å². The molecule has 0 fully saturated rings. The Hall–Kier alpha value is -1.63. The fourth-order valence-corrected chi connectivity index (χ4v) is 1.39. The molecule has 20 heavy (non-hydrogen) atoms. The minimum Gasteiger partial charge on any atom is -0.461 e. The lowest BCUT2D eigenvalue weighted by Gasteiger charge is -2.12. The van der Waals surface area contributed by atoms with Gasteiger partial charge >= 0.3 is 6.01 Å². The second-order valence-corrected chi connectivity index (χ2v) is 4.48. The smallest absolute Gasteiger partial charge is 0.323 e. The van der Waals surface area contributed by atoms with E-state index in [9.17, 15) is 0 Å². The van der Waals surface area contributed by atoms with E-state index in [0.29, 0.717) is 37.7 Å². The van der Waals surface area contributed by atoms with Crippen LogP contribution in [0.25, 0.3) is 0 Å². The summed E-state index contributed by atoms with van der Waals surface area (Å²) in [5.74, 6) is 1.02. The van der Waals surface area contributed by atoms with Crippen LogP contribution in [0.5, 0.6) is 6.01 Å². The zero-order chi connectivity index (χ0) is 14.8. The first kappa shape index (κ1) is 16.4. The number of hydrogen-bond donors (Lipinski definition) is 2. The molecule has 0 radical (unpaired) electrons. The van der Waals surface area contributed by atoms with E-state index in [-0.39, 0.29) is 6.10 Å². The number of nitrogens with one attached hydrogen (secondary N) is 2. The van der Waals surface area contributed by atoms with Gasteiger partial charge in [0, 0.05) is 19.7 Å². The molecule has 0 atom stereocenters. The van der Waals surface area contributed by atoms with Gasteiger partial charge in [-0.3, -0.25) is 0 Å². The molecule has 7 heteroatoms. The van der Waals surface area contributed by atoms with E-state index < -0.39 is 0 Å². The molecule has 1 rings (SSSR count). The van der Waals surface area contributed by atoms with Gasteiger partial charge in [-0.15, -0.1) is 0 Å². The van der Waals surface area contributed by atoms with Gasteiger partial charge < -0.3 is 20.1 Å². The fourth-order valence-electron chi connectivity index (χ4n) is 1.39. The van der Waals surface area contributed by atoms with Crippen LogP contribution < -0.4 is 15.4 Å².